The Morgan fingerprint density at radius 2 is 2.06 bits per heavy atom. The second-order valence-corrected chi connectivity index (χ2v) is 3.36. The Morgan fingerprint density at radius 1 is 1.38 bits per heavy atom. The molecule has 5 heteroatoms. The standard InChI is InChI=1S/C11H11F3O2/c1-8-2-3-9(7-15)6-10(8)16-5-4-11(12,13)14/h2-3,6-7H,4-5H2,1H3. The average molecular weight is 232 g/mol. The molecule has 0 spiro atoms. The summed E-state index contributed by atoms with van der Waals surface area (Å²) in [6, 6.07) is 4.64. The Morgan fingerprint density at radius 3 is 2.62 bits per heavy atom. The molecular formula is C11H11F3O2. The van der Waals surface area contributed by atoms with Crippen LogP contribution in [0.25, 0.3) is 0 Å². The lowest BCUT2D eigenvalue weighted by Crippen LogP contribution is -2.13. The molecule has 0 amide bonds. The molecule has 2 nitrogen and oxygen atoms in total. The van der Waals surface area contributed by atoms with Crippen LogP contribution in [0.15, 0.2) is 18.2 Å². The number of carbonyl (C=O) groups is 1. The number of hydrogen-bond donors (Lipinski definition) is 0. The van der Waals surface area contributed by atoms with Crippen molar-refractivity contribution in [2.75, 3.05) is 6.61 Å². The molecule has 0 unspecified atom stereocenters. The molecule has 1 aromatic rings. The third-order valence-electron chi connectivity index (χ3n) is 1.99. The molecule has 0 aromatic heterocycles. The molecular weight excluding hydrogens is 221 g/mol. The highest BCUT2D eigenvalue weighted by Crippen LogP contribution is 2.22. The maximum Gasteiger partial charge on any atom is 0.392 e. The van der Waals surface area contributed by atoms with Gasteiger partial charge in [0.05, 0.1) is 13.0 Å². The molecule has 0 N–H and O–H groups in total. The van der Waals surface area contributed by atoms with Crippen LogP contribution in [0, 0.1) is 6.92 Å². The quantitative estimate of drug-likeness (QED) is 0.745. The highest BCUT2D eigenvalue weighted by Gasteiger charge is 2.26. The van der Waals surface area contributed by atoms with Crippen molar-refractivity contribution in [2.45, 2.75) is 19.5 Å². The molecule has 1 rings (SSSR count). The van der Waals surface area contributed by atoms with Crippen LogP contribution in [0.2, 0.25) is 0 Å². The Labute approximate surface area is 91.0 Å². The highest BCUT2D eigenvalue weighted by molar-refractivity contribution is 5.75. The van der Waals surface area contributed by atoms with Crippen LogP contribution in [0.1, 0.15) is 22.3 Å². The molecule has 0 aliphatic carbocycles. The average Bonchev–Trinajstić information content (AvgIpc) is 2.19. The SMILES string of the molecule is Cc1ccc(C=O)cc1OCCC(F)(F)F. The second kappa shape index (κ2) is 5.01. The highest BCUT2D eigenvalue weighted by atomic mass is 19.4. The van der Waals surface area contributed by atoms with E-state index in [1.54, 1.807) is 19.1 Å². The molecule has 0 aliphatic heterocycles. The molecule has 0 heterocycles. The van der Waals surface area contributed by atoms with Crippen molar-refractivity contribution in [2.24, 2.45) is 0 Å². The van der Waals surface area contributed by atoms with Crippen molar-refractivity contribution >= 4 is 6.29 Å². The first-order valence-electron chi connectivity index (χ1n) is 4.68. The Hall–Kier alpha value is -1.52. The van der Waals surface area contributed by atoms with Gasteiger partial charge in [-0.25, -0.2) is 0 Å². The van der Waals surface area contributed by atoms with E-state index in [1.807, 2.05) is 0 Å². The van der Waals surface area contributed by atoms with E-state index in [1.165, 1.54) is 6.07 Å². The fourth-order valence-corrected chi connectivity index (χ4v) is 1.12. The largest absolute Gasteiger partial charge is 0.493 e. The van der Waals surface area contributed by atoms with Crippen LogP contribution in [0.4, 0.5) is 13.2 Å². The van der Waals surface area contributed by atoms with E-state index in [-0.39, 0.29) is 0 Å². The molecule has 88 valence electrons. The third kappa shape index (κ3) is 3.92. The molecule has 0 aliphatic rings. The minimum Gasteiger partial charge on any atom is -0.493 e. The van der Waals surface area contributed by atoms with Crippen LogP contribution < -0.4 is 4.74 Å². The summed E-state index contributed by atoms with van der Waals surface area (Å²) in [4.78, 5) is 10.5. The monoisotopic (exact) mass is 232 g/mol. The number of hydrogen-bond acceptors (Lipinski definition) is 2. The number of ether oxygens (including phenoxy) is 1. The molecule has 0 bridgehead atoms. The van der Waals surface area contributed by atoms with Crippen molar-refractivity contribution in [3.63, 3.8) is 0 Å². The number of rotatable bonds is 4. The van der Waals surface area contributed by atoms with Crippen LogP contribution in [-0.2, 0) is 0 Å². The van der Waals surface area contributed by atoms with Gasteiger partial charge in [-0.3, -0.25) is 4.79 Å². The van der Waals surface area contributed by atoms with Crippen molar-refractivity contribution in [3.05, 3.63) is 29.3 Å². The van der Waals surface area contributed by atoms with Gasteiger partial charge in [0, 0.05) is 5.56 Å². The summed E-state index contributed by atoms with van der Waals surface area (Å²) in [6.07, 6.45) is -4.61. The molecule has 0 atom stereocenters. The van der Waals surface area contributed by atoms with E-state index >= 15 is 0 Å². The van der Waals surface area contributed by atoms with Crippen molar-refractivity contribution in [1.82, 2.24) is 0 Å². The van der Waals surface area contributed by atoms with Gasteiger partial charge in [-0.05, 0) is 18.6 Å². The van der Waals surface area contributed by atoms with E-state index < -0.39 is 19.2 Å². The fraction of sp³-hybridized carbons (Fsp3) is 0.364. The molecule has 16 heavy (non-hydrogen) atoms. The lowest BCUT2D eigenvalue weighted by molar-refractivity contribution is -0.139. The molecule has 0 fully saturated rings. The molecule has 0 saturated heterocycles. The number of aryl methyl sites for hydroxylation is 1. The van der Waals surface area contributed by atoms with Crippen LogP contribution in [0.3, 0.4) is 0 Å². The summed E-state index contributed by atoms with van der Waals surface area (Å²) in [7, 11) is 0. The zero-order valence-electron chi connectivity index (χ0n) is 8.67. The predicted molar refractivity (Wildman–Crippen MR) is 52.7 cm³/mol. The summed E-state index contributed by atoms with van der Waals surface area (Å²) in [5, 5.41) is 0. The Balaban J connectivity index is 2.62. The van der Waals surface area contributed by atoms with Gasteiger partial charge in [-0.2, -0.15) is 13.2 Å². The van der Waals surface area contributed by atoms with E-state index in [2.05, 4.69) is 0 Å². The van der Waals surface area contributed by atoms with E-state index in [4.69, 9.17) is 4.74 Å². The smallest absolute Gasteiger partial charge is 0.392 e. The van der Waals surface area contributed by atoms with Crippen molar-refractivity contribution < 1.29 is 22.7 Å². The van der Waals surface area contributed by atoms with Crippen LogP contribution in [0.5, 0.6) is 5.75 Å². The minimum absolute atomic E-state index is 0.314. The lowest BCUT2D eigenvalue weighted by atomic mass is 10.1. The summed E-state index contributed by atoms with van der Waals surface area (Å²) < 4.78 is 40.6. The number of halogens is 3. The van der Waals surface area contributed by atoms with Gasteiger partial charge in [0.25, 0.3) is 0 Å². The van der Waals surface area contributed by atoms with Crippen LogP contribution in [-0.4, -0.2) is 19.1 Å². The van der Waals surface area contributed by atoms with Crippen molar-refractivity contribution in [1.29, 1.82) is 0 Å². The van der Waals surface area contributed by atoms with Gasteiger partial charge in [-0.15, -0.1) is 0 Å². The topological polar surface area (TPSA) is 26.3 Å². The van der Waals surface area contributed by atoms with Gasteiger partial charge < -0.3 is 4.74 Å². The molecule has 1 aromatic carbocycles. The Kier molecular flexibility index (Phi) is 3.93. The zero-order valence-corrected chi connectivity index (χ0v) is 8.67. The Bertz CT molecular complexity index is 372. The van der Waals surface area contributed by atoms with Crippen molar-refractivity contribution in [3.8, 4) is 5.75 Å². The van der Waals surface area contributed by atoms with Gasteiger partial charge in [0.15, 0.2) is 0 Å². The number of benzene rings is 1. The number of alkyl halides is 3. The van der Waals surface area contributed by atoms with E-state index in [0.29, 0.717) is 23.2 Å². The summed E-state index contributed by atoms with van der Waals surface area (Å²) in [5.74, 6) is 0.314. The van der Waals surface area contributed by atoms with Gasteiger partial charge >= 0.3 is 6.18 Å². The molecule has 0 saturated carbocycles. The zero-order chi connectivity index (χ0) is 12.2. The maximum atomic E-state index is 11.9. The van der Waals surface area contributed by atoms with Gasteiger partial charge in [-0.1, -0.05) is 12.1 Å². The predicted octanol–water partition coefficient (Wildman–Crippen LogP) is 3.14. The number of aldehydes is 1. The minimum atomic E-state index is -4.23. The van der Waals surface area contributed by atoms with Crippen LogP contribution >= 0.6 is 0 Å². The summed E-state index contributed by atoms with van der Waals surface area (Å²) in [6.45, 7) is 1.27. The van der Waals surface area contributed by atoms with E-state index in [9.17, 15) is 18.0 Å². The fourth-order valence-electron chi connectivity index (χ4n) is 1.12. The normalized spacial score (nSPS) is 11.2. The lowest BCUT2D eigenvalue weighted by Gasteiger charge is -2.10. The number of carbonyl (C=O) groups excluding carboxylic acids is 1. The summed E-state index contributed by atoms with van der Waals surface area (Å²) in [5.41, 5.74) is 1.08. The third-order valence-corrected chi connectivity index (χ3v) is 1.99. The van der Waals surface area contributed by atoms with Gasteiger partial charge in [0.2, 0.25) is 0 Å². The maximum absolute atomic E-state index is 11.9. The van der Waals surface area contributed by atoms with Gasteiger partial charge in [0.1, 0.15) is 12.0 Å². The second-order valence-electron chi connectivity index (χ2n) is 3.36. The molecule has 0 radical (unpaired) electrons. The first kappa shape index (κ1) is 12.5. The summed E-state index contributed by atoms with van der Waals surface area (Å²) >= 11 is 0. The van der Waals surface area contributed by atoms with E-state index in [0.717, 1.165) is 0 Å². The first-order valence-corrected chi connectivity index (χ1v) is 4.68. The first-order chi connectivity index (χ1) is 7.42.